The van der Waals surface area contributed by atoms with Crippen molar-refractivity contribution in [2.24, 2.45) is 0 Å². The Hall–Kier alpha value is -2.20. The molecule has 3 rings (SSSR count). The molecular formula is C19H21FN2O. The molecule has 2 N–H and O–H groups in total. The van der Waals surface area contributed by atoms with E-state index in [4.69, 9.17) is 5.73 Å². The first-order valence-corrected chi connectivity index (χ1v) is 8.01. The molecule has 0 radical (unpaired) electrons. The SMILES string of the molecule is Nc1ccc(C(=O)CCCN2CCc3ccccc3C2)c(F)c1. The van der Waals surface area contributed by atoms with Gasteiger partial charge in [-0.1, -0.05) is 24.3 Å². The minimum Gasteiger partial charge on any atom is -0.399 e. The summed E-state index contributed by atoms with van der Waals surface area (Å²) in [5.41, 5.74) is 8.78. The van der Waals surface area contributed by atoms with E-state index in [0.717, 1.165) is 32.5 Å². The van der Waals surface area contributed by atoms with Crippen LogP contribution in [0, 0.1) is 5.82 Å². The van der Waals surface area contributed by atoms with Gasteiger partial charge in [0.2, 0.25) is 0 Å². The molecule has 1 aliphatic heterocycles. The summed E-state index contributed by atoms with van der Waals surface area (Å²) in [6.45, 7) is 2.80. The molecule has 120 valence electrons. The van der Waals surface area contributed by atoms with Crippen LogP contribution in [0.4, 0.5) is 10.1 Å². The standard InChI is InChI=1S/C19H21FN2O/c20-18-12-16(21)7-8-17(18)19(23)6-3-10-22-11-9-14-4-1-2-5-15(14)13-22/h1-2,4-5,7-8,12H,3,6,9-11,13,21H2. The zero-order valence-corrected chi connectivity index (χ0v) is 13.1. The molecule has 0 aliphatic carbocycles. The summed E-state index contributed by atoms with van der Waals surface area (Å²) >= 11 is 0. The quantitative estimate of drug-likeness (QED) is 0.679. The fourth-order valence-corrected chi connectivity index (χ4v) is 3.10. The van der Waals surface area contributed by atoms with Crippen LogP contribution in [0.5, 0.6) is 0 Å². The molecule has 0 bridgehead atoms. The number of nitrogens with zero attached hydrogens (tertiary/aromatic N) is 1. The highest BCUT2D eigenvalue weighted by atomic mass is 19.1. The maximum atomic E-state index is 13.7. The van der Waals surface area contributed by atoms with Crippen LogP contribution in [0.1, 0.15) is 34.3 Å². The number of fused-ring (bicyclic) bond motifs is 1. The first-order valence-electron chi connectivity index (χ1n) is 8.01. The van der Waals surface area contributed by atoms with Gasteiger partial charge in [0, 0.05) is 25.2 Å². The zero-order valence-electron chi connectivity index (χ0n) is 13.1. The Bertz CT molecular complexity index is 714. The second-order valence-electron chi connectivity index (χ2n) is 6.06. The fourth-order valence-electron chi connectivity index (χ4n) is 3.10. The Kier molecular flexibility index (Phi) is 4.72. The van der Waals surface area contributed by atoms with Crippen molar-refractivity contribution in [1.82, 2.24) is 4.90 Å². The normalized spacial score (nSPS) is 14.5. The average molecular weight is 312 g/mol. The summed E-state index contributed by atoms with van der Waals surface area (Å²) in [7, 11) is 0. The Labute approximate surface area is 135 Å². The lowest BCUT2D eigenvalue weighted by Crippen LogP contribution is -2.31. The number of carbonyl (C=O) groups is 1. The summed E-state index contributed by atoms with van der Waals surface area (Å²) in [5, 5.41) is 0. The van der Waals surface area contributed by atoms with Crippen molar-refractivity contribution < 1.29 is 9.18 Å². The van der Waals surface area contributed by atoms with E-state index in [1.165, 1.54) is 23.3 Å². The lowest BCUT2D eigenvalue weighted by Gasteiger charge is -2.28. The molecule has 1 heterocycles. The Balaban J connectivity index is 1.51. The van der Waals surface area contributed by atoms with Gasteiger partial charge in [0.25, 0.3) is 0 Å². The molecule has 0 spiro atoms. The van der Waals surface area contributed by atoms with Gasteiger partial charge in [-0.15, -0.1) is 0 Å². The maximum absolute atomic E-state index is 13.7. The van der Waals surface area contributed by atoms with Crippen molar-refractivity contribution in [3.05, 3.63) is 65.0 Å². The molecule has 4 heteroatoms. The number of Topliss-reactive ketones (excluding diaryl/α,β-unsaturated/α-hetero) is 1. The third-order valence-corrected chi connectivity index (χ3v) is 4.38. The van der Waals surface area contributed by atoms with Crippen molar-refractivity contribution in [2.45, 2.75) is 25.8 Å². The number of carbonyl (C=O) groups excluding carboxylic acids is 1. The Morgan fingerprint density at radius 3 is 2.74 bits per heavy atom. The number of rotatable bonds is 5. The lowest BCUT2D eigenvalue weighted by molar-refractivity contribution is 0.0970. The topological polar surface area (TPSA) is 46.3 Å². The third-order valence-electron chi connectivity index (χ3n) is 4.38. The monoisotopic (exact) mass is 312 g/mol. The van der Waals surface area contributed by atoms with Gasteiger partial charge in [-0.2, -0.15) is 0 Å². The van der Waals surface area contributed by atoms with Crippen LogP contribution in [0.15, 0.2) is 42.5 Å². The van der Waals surface area contributed by atoms with Crippen LogP contribution in [-0.2, 0) is 13.0 Å². The molecule has 0 unspecified atom stereocenters. The highest BCUT2D eigenvalue weighted by Gasteiger charge is 2.16. The van der Waals surface area contributed by atoms with Gasteiger partial charge < -0.3 is 5.73 Å². The molecule has 0 saturated carbocycles. The first-order chi connectivity index (χ1) is 11.1. The number of halogens is 1. The number of nitrogens with two attached hydrogens (primary N) is 1. The van der Waals surface area contributed by atoms with Gasteiger partial charge >= 0.3 is 0 Å². The van der Waals surface area contributed by atoms with Gasteiger partial charge in [-0.25, -0.2) is 4.39 Å². The summed E-state index contributed by atoms with van der Waals surface area (Å²) in [4.78, 5) is 14.5. The van der Waals surface area contributed by atoms with Crippen molar-refractivity contribution in [3.63, 3.8) is 0 Å². The van der Waals surface area contributed by atoms with E-state index in [1.54, 1.807) is 6.07 Å². The first kappa shape index (κ1) is 15.7. The van der Waals surface area contributed by atoms with E-state index in [-0.39, 0.29) is 11.3 Å². The van der Waals surface area contributed by atoms with Gasteiger partial charge in [-0.05, 0) is 48.7 Å². The van der Waals surface area contributed by atoms with Crippen LogP contribution >= 0.6 is 0 Å². The van der Waals surface area contributed by atoms with Gasteiger partial charge in [0.05, 0.1) is 5.56 Å². The molecule has 0 atom stereocenters. The van der Waals surface area contributed by atoms with Crippen molar-refractivity contribution in [1.29, 1.82) is 0 Å². The van der Waals surface area contributed by atoms with E-state index in [2.05, 4.69) is 29.2 Å². The number of ketones is 1. The predicted octanol–water partition coefficient (Wildman–Crippen LogP) is 3.43. The molecule has 3 nitrogen and oxygen atoms in total. The Morgan fingerprint density at radius 1 is 1.17 bits per heavy atom. The van der Waals surface area contributed by atoms with Crippen LogP contribution in [0.25, 0.3) is 0 Å². The molecule has 0 saturated heterocycles. The largest absolute Gasteiger partial charge is 0.399 e. The molecule has 0 aromatic heterocycles. The second kappa shape index (κ2) is 6.92. The summed E-state index contributed by atoms with van der Waals surface area (Å²) in [6, 6.07) is 12.7. The van der Waals surface area contributed by atoms with Crippen molar-refractivity contribution in [3.8, 4) is 0 Å². The number of anilines is 1. The Morgan fingerprint density at radius 2 is 1.96 bits per heavy atom. The van der Waals surface area contributed by atoms with Crippen molar-refractivity contribution in [2.75, 3.05) is 18.8 Å². The zero-order chi connectivity index (χ0) is 16.2. The molecule has 1 aliphatic rings. The van der Waals surface area contributed by atoms with Crippen LogP contribution in [0.3, 0.4) is 0 Å². The second-order valence-corrected chi connectivity index (χ2v) is 6.06. The van der Waals surface area contributed by atoms with E-state index in [1.807, 2.05) is 0 Å². The van der Waals surface area contributed by atoms with Gasteiger partial charge in [0.1, 0.15) is 5.82 Å². The minimum atomic E-state index is -0.526. The van der Waals surface area contributed by atoms with Crippen LogP contribution in [-0.4, -0.2) is 23.8 Å². The number of nitrogen functional groups attached to an aromatic ring is 1. The minimum absolute atomic E-state index is 0.142. The number of hydrogen-bond donors (Lipinski definition) is 1. The predicted molar refractivity (Wildman–Crippen MR) is 89.8 cm³/mol. The molecule has 2 aromatic carbocycles. The fraction of sp³-hybridized carbons (Fsp3) is 0.316. The molecular weight excluding hydrogens is 291 g/mol. The summed E-state index contributed by atoms with van der Waals surface area (Å²) in [5.74, 6) is -0.679. The molecule has 0 amide bonds. The number of benzene rings is 2. The van der Waals surface area contributed by atoms with E-state index < -0.39 is 5.82 Å². The molecule has 2 aromatic rings. The van der Waals surface area contributed by atoms with Crippen LogP contribution < -0.4 is 5.73 Å². The number of hydrogen-bond acceptors (Lipinski definition) is 3. The summed E-state index contributed by atoms with van der Waals surface area (Å²) in [6.07, 6.45) is 2.15. The van der Waals surface area contributed by atoms with E-state index in [9.17, 15) is 9.18 Å². The van der Waals surface area contributed by atoms with Gasteiger partial charge in [-0.3, -0.25) is 9.69 Å². The smallest absolute Gasteiger partial charge is 0.165 e. The maximum Gasteiger partial charge on any atom is 0.165 e. The lowest BCUT2D eigenvalue weighted by atomic mass is 9.99. The van der Waals surface area contributed by atoms with Crippen molar-refractivity contribution >= 4 is 11.5 Å². The summed E-state index contributed by atoms with van der Waals surface area (Å²) < 4.78 is 13.7. The molecule has 0 fully saturated rings. The highest BCUT2D eigenvalue weighted by molar-refractivity contribution is 5.96. The highest BCUT2D eigenvalue weighted by Crippen LogP contribution is 2.19. The molecule has 23 heavy (non-hydrogen) atoms. The van der Waals surface area contributed by atoms with E-state index >= 15 is 0 Å². The van der Waals surface area contributed by atoms with Gasteiger partial charge in [0.15, 0.2) is 5.78 Å². The average Bonchev–Trinajstić information content (AvgIpc) is 2.54. The van der Waals surface area contributed by atoms with Crippen LogP contribution in [0.2, 0.25) is 0 Å². The third kappa shape index (κ3) is 3.77. The van der Waals surface area contributed by atoms with E-state index in [0.29, 0.717) is 12.1 Å².